The third-order valence-corrected chi connectivity index (χ3v) is 5.16. The molecule has 9 heteroatoms. The fourth-order valence-corrected chi connectivity index (χ4v) is 3.70. The lowest BCUT2D eigenvalue weighted by Crippen LogP contribution is -2.18. The van der Waals surface area contributed by atoms with Crippen LogP contribution in [0.25, 0.3) is 0 Å². The van der Waals surface area contributed by atoms with Crippen molar-refractivity contribution in [3.05, 3.63) is 41.0 Å². The molecule has 4 N–H and O–H groups in total. The average molecular weight is 389 g/mol. The summed E-state index contributed by atoms with van der Waals surface area (Å²) in [4.78, 5) is 4.94. The molecule has 1 aromatic heterocycles. The first-order chi connectivity index (χ1) is 9.96. The number of nitrogens with one attached hydrogen (secondary N) is 2. The number of nitrogens with two attached hydrogens (primary N) is 1. The van der Waals surface area contributed by atoms with E-state index in [9.17, 15) is 8.42 Å². The van der Waals surface area contributed by atoms with Gasteiger partial charge in [0.05, 0.1) is 0 Å². The molecule has 0 aliphatic rings. The van der Waals surface area contributed by atoms with E-state index in [-0.39, 0.29) is 10.7 Å². The molecule has 0 spiro atoms. The second kappa shape index (κ2) is 6.65. The van der Waals surface area contributed by atoms with Gasteiger partial charge in [0.2, 0.25) is 0 Å². The van der Waals surface area contributed by atoms with Gasteiger partial charge < -0.3 is 5.43 Å². The van der Waals surface area contributed by atoms with Crippen LogP contribution >= 0.6 is 27.7 Å². The molecule has 0 radical (unpaired) electrons. The number of hydrogen-bond donors (Lipinski definition) is 3. The number of benzene rings is 1. The fourth-order valence-electron chi connectivity index (χ4n) is 1.60. The Bertz CT molecular complexity index is 735. The van der Waals surface area contributed by atoms with Crippen molar-refractivity contribution in [1.82, 2.24) is 4.98 Å². The van der Waals surface area contributed by atoms with Gasteiger partial charge in [-0.05, 0) is 52.5 Å². The predicted octanol–water partition coefficient (Wildman–Crippen LogP) is 2.65. The number of hydrazine groups is 1. The molecule has 1 aromatic carbocycles. The molecule has 21 heavy (non-hydrogen) atoms. The van der Waals surface area contributed by atoms with Gasteiger partial charge in [-0.25, -0.2) is 19.2 Å². The maximum Gasteiger partial charge on any atom is 0.265 e. The van der Waals surface area contributed by atoms with Gasteiger partial charge in [-0.3, -0.25) is 4.72 Å². The summed E-state index contributed by atoms with van der Waals surface area (Å²) < 4.78 is 27.9. The molecule has 2 rings (SSSR count). The number of aromatic nitrogens is 1. The summed E-state index contributed by atoms with van der Waals surface area (Å²) in [6, 6.07) is 8.50. The first-order valence-electron chi connectivity index (χ1n) is 5.75. The Morgan fingerprint density at radius 3 is 2.52 bits per heavy atom. The highest BCUT2D eigenvalue weighted by molar-refractivity contribution is 9.10. The van der Waals surface area contributed by atoms with Crippen LogP contribution in [0.2, 0.25) is 0 Å². The zero-order valence-corrected chi connectivity index (χ0v) is 14.2. The number of nitrogen functional groups attached to an aromatic ring is 1. The monoisotopic (exact) mass is 388 g/mol. The maximum atomic E-state index is 12.4. The van der Waals surface area contributed by atoms with Gasteiger partial charge in [-0.2, -0.15) is 0 Å². The third-order valence-electron chi connectivity index (χ3n) is 2.59. The van der Waals surface area contributed by atoms with Crippen LogP contribution < -0.4 is 16.0 Å². The van der Waals surface area contributed by atoms with Crippen LogP contribution in [-0.4, -0.2) is 19.7 Å². The van der Waals surface area contributed by atoms with Crippen LogP contribution in [0.4, 0.5) is 11.5 Å². The quantitative estimate of drug-likeness (QED) is 0.413. The summed E-state index contributed by atoms with van der Waals surface area (Å²) in [5.74, 6) is 5.38. The molecule has 0 aliphatic carbocycles. The number of nitrogens with zero attached hydrogens (tertiary/aromatic N) is 1. The number of pyridine rings is 1. The highest BCUT2D eigenvalue weighted by Gasteiger charge is 2.20. The topological polar surface area (TPSA) is 97.1 Å². The minimum atomic E-state index is -3.79. The normalized spacial score (nSPS) is 11.2. The fraction of sp³-hybridized carbons (Fsp3) is 0.0833. The summed E-state index contributed by atoms with van der Waals surface area (Å²) in [6.07, 6.45) is 3.41. The van der Waals surface area contributed by atoms with E-state index >= 15 is 0 Å². The summed E-state index contributed by atoms with van der Waals surface area (Å²) >= 11 is 4.78. The maximum absolute atomic E-state index is 12.4. The van der Waals surface area contributed by atoms with E-state index in [0.717, 1.165) is 4.90 Å². The van der Waals surface area contributed by atoms with E-state index in [0.29, 0.717) is 10.2 Å². The Morgan fingerprint density at radius 1 is 1.29 bits per heavy atom. The Kier molecular flexibility index (Phi) is 5.09. The number of anilines is 2. The van der Waals surface area contributed by atoms with Crippen molar-refractivity contribution in [3.63, 3.8) is 0 Å². The van der Waals surface area contributed by atoms with Gasteiger partial charge in [0.1, 0.15) is 4.90 Å². The average Bonchev–Trinajstić information content (AvgIpc) is 2.47. The first-order valence-corrected chi connectivity index (χ1v) is 9.25. The van der Waals surface area contributed by atoms with Crippen LogP contribution in [0.1, 0.15) is 0 Å². The molecular weight excluding hydrogens is 376 g/mol. The summed E-state index contributed by atoms with van der Waals surface area (Å²) in [7, 11) is -3.79. The van der Waals surface area contributed by atoms with E-state index in [2.05, 4.69) is 31.1 Å². The summed E-state index contributed by atoms with van der Waals surface area (Å²) in [5.41, 5.74) is 2.75. The molecule has 0 amide bonds. The van der Waals surface area contributed by atoms with Crippen LogP contribution in [0.15, 0.2) is 50.8 Å². The molecule has 2 aromatic rings. The second-order valence-corrected chi connectivity index (χ2v) is 7.42. The van der Waals surface area contributed by atoms with Crippen LogP contribution in [-0.2, 0) is 10.0 Å². The number of sulfonamides is 1. The smallest absolute Gasteiger partial charge is 0.265 e. The zero-order chi connectivity index (χ0) is 15.5. The van der Waals surface area contributed by atoms with Crippen LogP contribution in [0, 0.1) is 0 Å². The lowest BCUT2D eigenvalue weighted by molar-refractivity contribution is 0.601. The van der Waals surface area contributed by atoms with E-state index < -0.39 is 10.0 Å². The molecule has 0 fully saturated rings. The van der Waals surface area contributed by atoms with Crippen molar-refractivity contribution in [2.45, 2.75) is 9.79 Å². The van der Waals surface area contributed by atoms with E-state index in [1.807, 2.05) is 18.4 Å². The third kappa shape index (κ3) is 3.88. The molecule has 0 atom stereocenters. The predicted molar refractivity (Wildman–Crippen MR) is 88.8 cm³/mol. The van der Waals surface area contributed by atoms with E-state index in [1.54, 1.807) is 23.9 Å². The molecular formula is C12H13BrN4O2S2. The molecule has 0 saturated carbocycles. The number of thioether (sulfide) groups is 1. The van der Waals surface area contributed by atoms with Gasteiger partial charge in [-0.1, -0.05) is 0 Å². The number of halogens is 1. The molecule has 0 bridgehead atoms. The van der Waals surface area contributed by atoms with Crippen molar-refractivity contribution >= 4 is 49.2 Å². The van der Waals surface area contributed by atoms with Gasteiger partial charge in [0.15, 0.2) is 5.82 Å². The number of hydrogen-bond acceptors (Lipinski definition) is 6. The lowest BCUT2D eigenvalue weighted by Gasteiger charge is -2.11. The van der Waals surface area contributed by atoms with Crippen LogP contribution in [0.5, 0.6) is 0 Å². The van der Waals surface area contributed by atoms with Crippen molar-refractivity contribution in [2.24, 2.45) is 5.84 Å². The Labute approximate surface area is 135 Å². The molecule has 1 heterocycles. The van der Waals surface area contributed by atoms with Crippen LogP contribution in [0.3, 0.4) is 0 Å². The number of rotatable bonds is 5. The molecule has 112 valence electrons. The Hall–Kier alpha value is -1.29. The summed E-state index contributed by atoms with van der Waals surface area (Å²) in [5, 5.41) is 0. The van der Waals surface area contributed by atoms with Gasteiger partial charge >= 0.3 is 0 Å². The SMILES string of the molecule is CSc1ccc(NS(=O)(=O)c2cc(Br)cnc2NN)cc1. The van der Waals surface area contributed by atoms with E-state index in [4.69, 9.17) is 5.84 Å². The van der Waals surface area contributed by atoms with E-state index in [1.165, 1.54) is 12.3 Å². The van der Waals surface area contributed by atoms with Crippen molar-refractivity contribution in [1.29, 1.82) is 0 Å². The van der Waals surface area contributed by atoms with Gasteiger partial charge in [0.25, 0.3) is 10.0 Å². The molecule has 0 saturated heterocycles. The highest BCUT2D eigenvalue weighted by Crippen LogP contribution is 2.25. The van der Waals surface area contributed by atoms with Crippen molar-refractivity contribution in [3.8, 4) is 0 Å². The Balaban J connectivity index is 2.35. The standard InChI is InChI=1S/C12H13BrN4O2S2/c1-20-10-4-2-9(3-5-10)17-21(18,19)11-6-8(13)7-15-12(11)16-14/h2-7,17H,14H2,1H3,(H,15,16). The zero-order valence-electron chi connectivity index (χ0n) is 11.0. The van der Waals surface area contributed by atoms with Gasteiger partial charge in [0, 0.05) is 21.3 Å². The minimum absolute atomic E-state index is 0.0340. The lowest BCUT2D eigenvalue weighted by atomic mass is 10.3. The molecule has 6 nitrogen and oxygen atoms in total. The van der Waals surface area contributed by atoms with Gasteiger partial charge in [-0.15, -0.1) is 11.8 Å². The molecule has 0 aliphatic heterocycles. The largest absolute Gasteiger partial charge is 0.307 e. The Morgan fingerprint density at radius 2 is 1.95 bits per heavy atom. The minimum Gasteiger partial charge on any atom is -0.307 e. The van der Waals surface area contributed by atoms with Crippen molar-refractivity contribution in [2.75, 3.05) is 16.4 Å². The first kappa shape index (κ1) is 16.1. The second-order valence-electron chi connectivity index (χ2n) is 3.98. The summed E-state index contributed by atoms with van der Waals surface area (Å²) in [6.45, 7) is 0. The van der Waals surface area contributed by atoms with Crippen molar-refractivity contribution < 1.29 is 8.42 Å². The highest BCUT2D eigenvalue weighted by atomic mass is 79.9. The molecule has 0 unspecified atom stereocenters.